The predicted molar refractivity (Wildman–Crippen MR) is 49.3 cm³/mol. The van der Waals surface area contributed by atoms with Gasteiger partial charge in [-0.3, -0.25) is 4.79 Å². The van der Waals surface area contributed by atoms with Crippen molar-refractivity contribution in [2.75, 3.05) is 5.75 Å². The monoisotopic (exact) mass is 291 g/mol. The Bertz CT molecular complexity index is 458. The Morgan fingerprint density at radius 2 is 1.94 bits per heavy atom. The highest BCUT2D eigenvalue weighted by molar-refractivity contribution is 7.99. The van der Waals surface area contributed by atoms with Crippen molar-refractivity contribution in [1.82, 2.24) is 14.8 Å². The quantitative estimate of drug-likeness (QED) is 0.675. The van der Waals surface area contributed by atoms with Gasteiger partial charge in [0, 0.05) is 7.05 Å². The third-order valence-corrected chi connectivity index (χ3v) is 2.69. The second kappa shape index (κ2) is 4.71. The second-order valence-electron chi connectivity index (χ2n) is 3.10. The Morgan fingerprint density at radius 3 is 2.39 bits per heavy atom. The molecule has 11 heteroatoms. The first-order valence-electron chi connectivity index (χ1n) is 4.26. The van der Waals surface area contributed by atoms with E-state index in [1.54, 1.807) is 0 Å². The number of halogens is 5. The zero-order valence-corrected chi connectivity index (χ0v) is 9.52. The molecule has 18 heavy (non-hydrogen) atoms. The van der Waals surface area contributed by atoms with Crippen LogP contribution in [0.4, 0.5) is 22.0 Å². The van der Waals surface area contributed by atoms with E-state index in [1.807, 2.05) is 0 Å². The van der Waals surface area contributed by atoms with Gasteiger partial charge in [-0.25, -0.2) is 4.68 Å². The molecule has 5 nitrogen and oxygen atoms in total. The third-order valence-electron chi connectivity index (χ3n) is 1.68. The van der Waals surface area contributed by atoms with Crippen LogP contribution in [0.2, 0.25) is 0 Å². The summed E-state index contributed by atoms with van der Waals surface area (Å²) in [4.78, 5) is 13.2. The molecule has 0 atom stereocenters. The van der Waals surface area contributed by atoms with E-state index in [9.17, 15) is 26.7 Å². The van der Waals surface area contributed by atoms with Gasteiger partial charge < -0.3 is 5.11 Å². The van der Waals surface area contributed by atoms with Gasteiger partial charge in [0.15, 0.2) is 5.16 Å². The van der Waals surface area contributed by atoms with Crippen LogP contribution in [-0.2, 0) is 17.8 Å². The summed E-state index contributed by atoms with van der Waals surface area (Å²) >= 11 is 0.492. The Kier molecular flexibility index (Phi) is 3.84. The van der Waals surface area contributed by atoms with E-state index < -0.39 is 29.6 Å². The number of thioether (sulfide) groups is 1. The van der Waals surface area contributed by atoms with Crippen molar-refractivity contribution < 1.29 is 31.9 Å². The van der Waals surface area contributed by atoms with Gasteiger partial charge >= 0.3 is 18.1 Å². The van der Waals surface area contributed by atoms with Crippen molar-refractivity contribution in [3.63, 3.8) is 0 Å². The highest BCUT2D eigenvalue weighted by Crippen LogP contribution is 2.42. The lowest BCUT2D eigenvalue weighted by molar-refractivity contribution is -0.292. The molecule has 0 bridgehead atoms. The lowest BCUT2D eigenvalue weighted by Crippen LogP contribution is -2.34. The average molecular weight is 291 g/mol. The number of nitrogens with zero attached hydrogens (tertiary/aromatic N) is 3. The summed E-state index contributed by atoms with van der Waals surface area (Å²) in [5.41, 5.74) is 0. The molecule has 1 rings (SSSR count). The number of hydrogen-bond acceptors (Lipinski definition) is 4. The fraction of sp³-hybridized carbons (Fsp3) is 0.571. The maximum atomic E-state index is 12.9. The number of carbonyl (C=O) groups is 1. The molecule has 0 fully saturated rings. The van der Waals surface area contributed by atoms with Crippen LogP contribution < -0.4 is 0 Å². The van der Waals surface area contributed by atoms with Crippen LogP contribution in [0.15, 0.2) is 5.16 Å². The molecular formula is C7H6F5N3O2S. The number of carboxylic acids is 1. The molecule has 0 saturated carbocycles. The fourth-order valence-electron chi connectivity index (χ4n) is 0.882. The van der Waals surface area contributed by atoms with E-state index >= 15 is 0 Å². The Labute approximate surface area is 101 Å². The summed E-state index contributed by atoms with van der Waals surface area (Å²) < 4.78 is 62.5. The summed E-state index contributed by atoms with van der Waals surface area (Å²) in [7, 11) is 1.09. The second-order valence-corrected chi connectivity index (χ2v) is 4.04. The maximum Gasteiger partial charge on any atom is 0.461 e. The predicted octanol–water partition coefficient (Wildman–Crippen LogP) is 1.65. The topological polar surface area (TPSA) is 68.0 Å². The van der Waals surface area contributed by atoms with Crippen molar-refractivity contribution in [3.8, 4) is 0 Å². The Hall–Kier alpha value is -1.39. The minimum Gasteiger partial charge on any atom is -0.481 e. The molecule has 0 spiro atoms. The van der Waals surface area contributed by atoms with Crippen LogP contribution in [0.3, 0.4) is 0 Å². The fourth-order valence-corrected chi connectivity index (χ4v) is 1.51. The number of rotatable bonds is 4. The summed E-state index contributed by atoms with van der Waals surface area (Å²) in [5.74, 6) is -8.66. The van der Waals surface area contributed by atoms with Crippen LogP contribution in [0.5, 0.6) is 0 Å². The SMILES string of the molecule is Cn1nc(C(F)(F)C(F)(F)F)nc1SCC(=O)O. The number of aliphatic carboxylic acids is 1. The van der Waals surface area contributed by atoms with E-state index in [-0.39, 0.29) is 5.16 Å². The molecular weight excluding hydrogens is 285 g/mol. The van der Waals surface area contributed by atoms with Crippen molar-refractivity contribution >= 4 is 17.7 Å². The molecule has 102 valence electrons. The molecule has 0 radical (unpaired) electrons. The number of carboxylic acid groups (broad SMARTS) is 1. The number of hydrogen-bond donors (Lipinski definition) is 1. The van der Waals surface area contributed by atoms with E-state index in [4.69, 9.17) is 5.11 Å². The molecule has 1 heterocycles. The van der Waals surface area contributed by atoms with Gasteiger partial charge in [-0.1, -0.05) is 11.8 Å². The number of alkyl halides is 5. The molecule has 0 aromatic carbocycles. The van der Waals surface area contributed by atoms with Crippen LogP contribution in [0.25, 0.3) is 0 Å². The van der Waals surface area contributed by atoms with Gasteiger partial charge in [0.1, 0.15) is 0 Å². The highest BCUT2D eigenvalue weighted by Gasteiger charge is 2.61. The van der Waals surface area contributed by atoms with E-state index in [2.05, 4.69) is 10.1 Å². The molecule has 0 amide bonds. The number of aryl methyl sites for hydroxylation is 1. The zero-order chi connectivity index (χ0) is 14.1. The molecule has 1 aromatic rings. The van der Waals surface area contributed by atoms with Gasteiger partial charge in [0.05, 0.1) is 5.75 Å². The van der Waals surface area contributed by atoms with Gasteiger partial charge in [-0.15, -0.1) is 5.10 Å². The maximum absolute atomic E-state index is 12.9. The lowest BCUT2D eigenvalue weighted by Gasteiger charge is -2.15. The molecule has 0 unspecified atom stereocenters. The van der Waals surface area contributed by atoms with Crippen molar-refractivity contribution in [3.05, 3.63) is 5.82 Å². The molecule has 1 aromatic heterocycles. The van der Waals surface area contributed by atoms with Crippen LogP contribution in [0, 0.1) is 0 Å². The average Bonchev–Trinajstić information content (AvgIpc) is 2.55. The van der Waals surface area contributed by atoms with Crippen molar-refractivity contribution in [2.45, 2.75) is 17.3 Å². The van der Waals surface area contributed by atoms with Gasteiger partial charge in [0.2, 0.25) is 5.82 Å². The molecule has 1 N–H and O–H groups in total. The Morgan fingerprint density at radius 1 is 1.39 bits per heavy atom. The van der Waals surface area contributed by atoms with E-state index in [0.29, 0.717) is 16.4 Å². The minimum absolute atomic E-state index is 0.337. The molecule has 0 saturated heterocycles. The number of aromatic nitrogens is 3. The van der Waals surface area contributed by atoms with Gasteiger partial charge in [-0.2, -0.15) is 26.9 Å². The highest BCUT2D eigenvalue weighted by atomic mass is 32.2. The summed E-state index contributed by atoms with van der Waals surface area (Å²) in [6, 6.07) is 0. The van der Waals surface area contributed by atoms with Gasteiger partial charge in [0.25, 0.3) is 0 Å². The van der Waals surface area contributed by atoms with Crippen LogP contribution in [0.1, 0.15) is 5.82 Å². The minimum atomic E-state index is -5.80. The third kappa shape index (κ3) is 2.89. The Balaban J connectivity index is 3.00. The first kappa shape index (κ1) is 14.7. The van der Waals surface area contributed by atoms with Crippen LogP contribution in [-0.4, -0.2) is 37.8 Å². The molecule has 0 aliphatic heterocycles. The normalized spacial score (nSPS) is 12.8. The first-order chi connectivity index (χ1) is 8.05. The standard InChI is InChI=1S/C7H6F5N3O2S/c1-15-5(18-2-3(16)17)13-4(14-15)6(8,9)7(10,11)12/h2H2,1H3,(H,16,17). The first-order valence-corrected chi connectivity index (χ1v) is 5.25. The van der Waals surface area contributed by atoms with Gasteiger partial charge in [-0.05, 0) is 0 Å². The van der Waals surface area contributed by atoms with Crippen molar-refractivity contribution in [1.29, 1.82) is 0 Å². The largest absolute Gasteiger partial charge is 0.481 e. The smallest absolute Gasteiger partial charge is 0.461 e. The van der Waals surface area contributed by atoms with Crippen molar-refractivity contribution in [2.24, 2.45) is 7.05 Å². The van der Waals surface area contributed by atoms with E-state index in [0.717, 1.165) is 7.05 Å². The molecule has 0 aliphatic carbocycles. The molecule has 0 aliphatic rings. The summed E-state index contributed by atoms with van der Waals surface area (Å²) in [6.07, 6.45) is -5.80. The summed E-state index contributed by atoms with van der Waals surface area (Å²) in [6.45, 7) is 0. The van der Waals surface area contributed by atoms with Crippen LogP contribution >= 0.6 is 11.8 Å². The lowest BCUT2D eigenvalue weighted by atomic mass is 10.3. The summed E-state index contributed by atoms with van der Waals surface area (Å²) in [5, 5.41) is 11.0. The van der Waals surface area contributed by atoms with E-state index in [1.165, 1.54) is 0 Å². The zero-order valence-electron chi connectivity index (χ0n) is 8.70.